The summed E-state index contributed by atoms with van der Waals surface area (Å²) in [6, 6.07) is 12.6. The number of nitrogens with one attached hydrogen (secondary N) is 2. The summed E-state index contributed by atoms with van der Waals surface area (Å²) in [5.74, 6) is 0.164. The summed E-state index contributed by atoms with van der Waals surface area (Å²) in [6.07, 6.45) is 2.22. The molecule has 1 aromatic carbocycles. The third-order valence-corrected chi connectivity index (χ3v) is 7.11. The minimum atomic E-state index is -0.125. The van der Waals surface area contributed by atoms with Crippen molar-refractivity contribution in [3.05, 3.63) is 57.8 Å². The molecular formula is C24H32N4O2S. The number of carbonyl (C=O) groups is 2. The first kappa shape index (κ1) is 22.0. The van der Waals surface area contributed by atoms with Crippen LogP contribution in [0.3, 0.4) is 0 Å². The molecule has 2 unspecified atom stereocenters. The fourth-order valence-electron chi connectivity index (χ4n) is 3.97. The van der Waals surface area contributed by atoms with E-state index in [-0.39, 0.29) is 23.9 Å². The molecular weight excluding hydrogens is 408 g/mol. The number of rotatable bonds is 8. The second-order valence-corrected chi connectivity index (χ2v) is 9.68. The largest absolute Gasteiger partial charge is 0.352 e. The van der Waals surface area contributed by atoms with Gasteiger partial charge in [0.15, 0.2) is 0 Å². The Hall–Kier alpha value is -2.22. The van der Waals surface area contributed by atoms with Gasteiger partial charge in [0, 0.05) is 37.1 Å². The maximum Gasteiger partial charge on any atom is 0.237 e. The van der Waals surface area contributed by atoms with Gasteiger partial charge in [0.1, 0.15) is 0 Å². The first-order valence-electron chi connectivity index (χ1n) is 11.2. The zero-order valence-electron chi connectivity index (χ0n) is 18.3. The molecule has 2 amide bonds. The van der Waals surface area contributed by atoms with Crippen LogP contribution in [0.2, 0.25) is 0 Å². The topological polar surface area (TPSA) is 64.7 Å². The van der Waals surface area contributed by atoms with Gasteiger partial charge in [-0.2, -0.15) is 0 Å². The van der Waals surface area contributed by atoms with Gasteiger partial charge in [-0.05, 0) is 43.7 Å². The van der Waals surface area contributed by atoms with E-state index in [0.717, 1.165) is 49.5 Å². The molecule has 31 heavy (non-hydrogen) atoms. The van der Waals surface area contributed by atoms with E-state index in [2.05, 4.69) is 57.7 Å². The highest BCUT2D eigenvalue weighted by molar-refractivity contribution is 7.10. The molecule has 2 atom stereocenters. The van der Waals surface area contributed by atoms with Gasteiger partial charge in [0.05, 0.1) is 18.6 Å². The first-order chi connectivity index (χ1) is 15.0. The Bertz CT molecular complexity index is 871. The lowest BCUT2D eigenvalue weighted by atomic mass is 10.0. The average molecular weight is 441 g/mol. The highest BCUT2D eigenvalue weighted by Gasteiger charge is 2.30. The summed E-state index contributed by atoms with van der Waals surface area (Å²) < 4.78 is 0. The fourth-order valence-corrected chi connectivity index (χ4v) is 4.77. The summed E-state index contributed by atoms with van der Waals surface area (Å²) >= 11 is 1.66. The van der Waals surface area contributed by atoms with Crippen molar-refractivity contribution >= 4 is 23.2 Å². The molecule has 0 bridgehead atoms. The predicted octanol–water partition coefficient (Wildman–Crippen LogP) is 2.55. The fraction of sp³-hybridized carbons (Fsp3) is 0.500. The van der Waals surface area contributed by atoms with Gasteiger partial charge < -0.3 is 10.6 Å². The Kier molecular flexibility index (Phi) is 7.05. The second-order valence-electron chi connectivity index (χ2n) is 8.70. The molecule has 7 heteroatoms. The van der Waals surface area contributed by atoms with Gasteiger partial charge in [-0.3, -0.25) is 19.4 Å². The van der Waals surface area contributed by atoms with E-state index in [4.69, 9.17) is 0 Å². The van der Waals surface area contributed by atoms with Crippen LogP contribution in [0.4, 0.5) is 0 Å². The lowest BCUT2D eigenvalue weighted by Gasteiger charge is -2.37. The number of hydrogen-bond acceptors (Lipinski definition) is 5. The predicted molar refractivity (Wildman–Crippen MR) is 124 cm³/mol. The minimum absolute atomic E-state index is 0.0342. The Labute approximate surface area is 188 Å². The molecule has 4 rings (SSSR count). The van der Waals surface area contributed by atoms with Crippen molar-refractivity contribution in [1.29, 1.82) is 0 Å². The van der Waals surface area contributed by atoms with Crippen LogP contribution in [-0.4, -0.2) is 66.4 Å². The highest BCUT2D eigenvalue weighted by Crippen LogP contribution is 2.26. The highest BCUT2D eigenvalue weighted by atomic mass is 32.1. The maximum atomic E-state index is 12.9. The average Bonchev–Trinajstić information content (AvgIpc) is 3.41. The van der Waals surface area contributed by atoms with E-state index < -0.39 is 0 Å². The number of nitrogens with zero attached hydrogens (tertiary/aromatic N) is 2. The van der Waals surface area contributed by atoms with Crippen molar-refractivity contribution in [3.63, 3.8) is 0 Å². The quantitative estimate of drug-likeness (QED) is 0.662. The van der Waals surface area contributed by atoms with E-state index in [0.29, 0.717) is 12.6 Å². The molecule has 2 fully saturated rings. The molecule has 6 nitrogen and oxygen atoms in total. The number of piperazine rings is 1. The van der Waals surface area contributed by atoms with Gasteiger partial charge in [0.2, 0.25) is 11.8 Å². The van der Waals surface area contributed by atoms with Crippen molar-refractivity contribution in [2.75, 3.05) is 32.7 Å². The molecule has 2 heterocycles. The Balaban J connectivity index is 1.29. The summed E-state index contributed by atoms with van der Waals surface area (Å²) in [5, 5.41) is 8.37. The Morgan fingerprint density at radius 3 is 2.42 bits per heavy atom. The maximum absolute atomic E-state index is 12.9. The third-order valence-electron chi connectivity index (χ3n) is 6.17. The van der Waals surface area contributed by atoms with Crippen LogP contribution in [0.15, 0.2) is 41.8 Å². The minimum Gasteiger partial charge on any atom is -0.352 e. The lowest BCUT2D eigenvalue weighted by molar-refractivity contribution is -0.128. The lowest BCUT2D eigenvalue weighted by Crippen LogP contribution is -2.55. The zero-order chi connectivity index (χ0) is 21.8. The molecule has 1 saturated heterocycles. The number of carbonyl (C=O) groups excluding carboxylic acids is 2. The standard InChI is InChI=1S/C24H32N4O2S/c1-17-5-7-19(8-6-17)23(21-4-3-15-31-21)26-22(29)16-27-11-13-28(14-12-27)18(2)24(30)25-20-9-10-20/h3-8,15,18,20,23H,9-14,16H2,1-2H3,(H,25,30)(H,26,29). The smallest absolute Gasteiger partial charge is 0.237 e. The number of aryl methyl sites for hydroxylation is 1. The summed E-state index contributed by atoms with van der Waals surface area (Å²) in [7, 11) is 0. The molecule has 2 N–H and O–H groups in total. The van der Waals surface area contributed by atoms with E-state index in [9.17, 15) is 9.59 Å². The van der Waals surface area contributed by atoms with Crippen LogP contribution in [0.5, 0.6) is 0 Å². The van der Waals surface area contributed by atoms with Crippen LogP contribution in [-0.2, 0) is 9.59 Å². The van der Waals surface area contributed by atoms with E-state index in [1.165, 1.54) is 5.56 Å². The second kappa shape index (κ2) is 9.94. The van der Waals surface area contributed by atoms with Crippen LogP contribution < -0.4 is 10.6 Å². The number of hydrogen-bond donors (Lipinski definition) is 2. The Morgan fingerprint density at radius 1 is 1.10 bits per heavy atom. The number of thiophene rings is 1. The zero-order valence-corrected chi connectivity index (χ0v) is 19.2. The van der Waals surface area contributed by atoms with Gasteiger partial charge in [-0.25, -0.2) is 0 Å². The van der Waals surface area contributed by atoms with E-state index in [1.807, 2.05) is 18.4 Å². The first-order valence-corrected chi connectivity index (χ1v) is 12.0. The molecule has 2 aliphatic rings. The number of benzene rings is 1. The molecule has 1 aliphatic carbocycles. The SMILES string of the molecule is Cc1ccc(C(NC(=O)CN2CCN(C(C)C(=O)NC3CC3)CC2)c2cccs2)cc1. The van der Waals surface area contributed by atoms with Gasteiger partial charge in [-0.15, -0.1) is 11.3 Å². The van der Waals surface area contributed by atoms with Gasteiger partial charge >= 0.3 is 0 Å². The monoisotopic (exact) mass is 440 g/mol. The molecule has 0 spiro atoms. The number of amides is 2. The normalized spacial score (nSPS) is 19.5. The molecule has 2 aromatic rings. The van der Waals surface area contributed by atoms with Gasteiger partial charge in [0.25, 0.3) is 0 Å². The van der Waals surface area contributed by atoms with Crippen LogP contribution in [0, 0.1) is 6.92 Å². The van der Waals surface area contributed by atoms with Crippen LogP contribution >= 0.6 is 11.3 Å². The molecule has 1 saturated carbocycles. The summed E-state index contributed by atoms with van der Waals surface area (Å²) in [6.45, 7) is 7.62. The van der Waals surface area contributed by atoms with Crippen molar-refractivity contribution in [3.8, 4) is 0 Å². The van der Waals surface area contributed by atoms with Crippen LogP contribution in [0.1, 0.15) is 41.8 Å². The molecule has 1 aliphatic heterocycles. The van der Waals surface area contributed by atoms with Crippen molar-refractivity contribution in [2.24, 2.45) is 0 Å². The molecule has 0 radical (unpaired) electrons. The van der Waals surface area contributed by atoms with E-state index in [1.54, 1.807) is 11.3 Å². The van der Waals surface area contributed by atoms with E-state index >= 15 is 0 Å². The van der Waals surface area contributed by atoms with Crippen molar-refractivity contribution in [1.82, 2.24) is 20.4 Å². The van der Waals surface area contributed by atoms with Crippen LogP contribution in [0.25, 0.3) is 0 Å². The van der Waals surface area contributed by atoms with Crippen molar-refractivity contribution < 1.29 is 9.59 Å². The summed E-state index contributed by atoms with van der Waals surface area (Å²) in [5.41, 5.74) is 2.31. The van der Waals surface area contributed by atoms with Crippen molar-refractivity contribution in [2.45, 2.75) is 44.8 Å². The summed E-state index contributed by atoms with van der Waals surface area (Å²) in [4.78, 5) is 30.7. The van der Waals surface area contributed by atoms with Gasteiger partial charge in [-0.1, -0.05) is 35.9 Å². The Morgan fingerprint density at radius 2 is 1.81 bits per heavy atom. The molecule has 1 aromatic heterocycles. The third kappa shape index (κ3) is 5.93. The molecule has 166 valence electrons.